The largest absolute Gasteiger partial charge is 0.455 e. The van der Waals surface area contributed by atoms with E-state index < -0.39 is 17.6 Å². The van der Waals surface area contributed by atoms with Gasteiger partial charge in [0.2, 0.25) is 0 Å². The number of nitrogens with one attached hydrogen (secondary N) is 1. The Morgan fingerprint density at radius 3 is 2.59 bits per heavy atom. The second-order valence-electron chi connectivity index (χ2n) is 5.57. The number of carbonyl (C=O) groups excluding carboxylic acids is 1. The Labute approximate surface area is 152 Å². The fourth-order valence-electron chi connectivity index (χ4n) is 2.34. The van der Waals surface area contributed by atoms with Crippen molar-refractivity contribution >= 4 is 17.8 Å². The zero-order valence-electron chi connectivity index (χ0n) is 13.8. The Kier molecular flexibility index (Phi) is 4.98. The molecular formula is C19H14F3N3O2. The van der Waals surface area contributed by atoms with Gasteiger partial charge in [-0.3, -0.25) is 4.79 Å². The first-order valence-corrected chi connectivity index (χ1v) is 7.80. The number of hydrogen-bond donors (Lipinski definition) is 2. The quantitative estimate of drug-likeness (QED) is 0.406. The molecule has 0 atom stereocenters. The van der Waals surface area contributed by atoms with Gasteiger partial charge < -0.3 is 10.2 Å². The topological polar surface area (TPSA) is 80.6 Å². The standard InChI is InChI=1S/C19H14F3N3O2/c20-19(21,22)13-5-3-4-12(10-13)17-9-8-14(27-17)11-24-25-18(26)15-6-1-2-7-16(15)23/h1-11H,23H2,(H,25,26)/b24-11+. The summed E-state index contributed by atoms with van der Waals surface area (Å²) < 4.78 is 43.9. The monoisotopic (exact) mass is 373 g/mol. The van der Waals surface area contributed by atoms with Crippen LogP contribution in [0.2, 0.25) is 0 Å². The summed E-state index contributed by atoms with van der Waals surface area (Å²) >= 11 is 0. The summed E-state index contributed by atoms with van der Waals surface area (Å²) in [6.07, 6.45) is -3.19. The van der Waals surface area contributed by atoms with Gasteiger partial charge in [0.25, 0.3) is 5.91 Å². The lowest BCUT2D eigenvalue weighted by atomic mass is 10.1. The summed E-state index contributed by atoms with van der Waals surface area (Å²) in [6.45, 7) is 0. The first-order chi connectivity index (χ1) is 12.8. The second-order valence-corrected chi connectivity index (χ2v) is 5.57. The van der Waals surface area contributed by atoms with Gasteiger partial charge in [0.15, 0.2) is 0 Å². The highest BCUT2D eigenvalue weighted by atomic mass is 19.4. The number of carbonyl (C=O) groups is 1. The van der Waals surface area contributed by atoms with Crippen molar-refractivity contribution < 1.29 is 22.4 Å². The van der Waals surface area contributed by atoms with Crippen molar-refractivity contribution in [3.8, 4) is 11.3 Å². The Balaban J connectivity index is 1.70. The fourth-order valence-corrected chi connectivity index (χ4v) is 2.34. The minimum Gasteiger partial charge on any atom is -0.455 e. The van der Waals surface area contributed by atoms with Crippen molar-refractivity contribution in [2.45, 2.75) is 6.18 Å². The highest BCUT2D eigenvalue weighted by Gasteiger charge is 2.30. The lowest BCUT2D eigenvalue weighted by Crippen LogP contribution is -2.18. The molecule has 0 radical (unpaired) electrons. The van der Waals surface area contributed by atoms with Crippen LogP contribution in [0.4, 0.5) is 18.9 Å². The normalized spacial score (nSPS) is 11.7. The molecule has 0 bridgehead atoms. The van der Waals surface area contributed by atoms with E-state index in [1.807, 2.05) is 0 Å². The SMILES string of the molecule is Nc1ccccc1C(=O)N/N=C/c1ccc(-c2cccc(C(F)(F)F)c2)o1. The molecule has 5 nitrogen and oxygen atoms in total. The number of benzene rings is 2. The molecule has 1 amide bonds. The minimum atomic E-state index is -4.43. The van der Waals surface area contributed by atoms with Gasteiger partial charge in [-0.1, -0.05) is 24.3 Å². The summed E-state index contributed by atoms with van der Waals surface area (Å²) in [6, 6.07) is 14.4. The maximum atomic E-state index is 12.8. The van der Waals surface area contributed by atoms with Crippen LogP contribution in [0.1, 0.15) is 21.7 Å². The van der Waals surface area contributed by atoms with Gasteiger partial charge in [-0.05, 0) is 36.4 Å². The third-order valence-electron chi connectivity index (χ3n) is 3.66. The van der Waals surface area contributed by atoms with Crippen LogP contribution in [0.3, 0.4) is 0 Å². The third-order valence-corrected chi connectivity index (χ3v) is 3.66. The van der Waals surface area contributed by atoms with Gasteiger partial charge >= 0.3 is 6.18 Å². The number of amides is 1. The lowest BCUT2D eigenvalue weighted by molar-refractivity contribution is -0.137. The molecule has 0 unspecified atom stereocenters. The first-order valence-electron chi connectivity index (χ1n) is 7.80. The van der Waals surface area contributed by atoms with Crippen LogP contribution >= 0.6 is 0 Å². The molecule has 0 saturated heterocycles. The van der Waals surface area contributed by atoms with E-state index in [1.165, 1.54) is 30.5 Å². The Morgan fingerprint density at radius 1 is 1.07 bits per heavy atom. The number of hydrazone groups is 1. The molecule has 1 heterocycles. The van der Waals surface area contributed by atoms with Gasteiger partial charge in [-0.25, -0.2) is 5.43 Å². The number of rotatable bonds is 4. The number of para-hydroxylation sites is 1. The van der Waals surface area contributed by atoms with Gasteiger partial charge in [0.1, 0.15) is 11.5 Å². The van der Waals surface area contributed by atoms with Crippen LogP contribution in [-0.2, 0) is 6.18 Å². The molecule has 0 aliphatic heterocycles. The zero-order chi connectivity index (χ0) is 19.4. The average molecular weight is 373 g/mol. The molecule has 1 aromatic heterocycles. The van der Waals surface area contributed by atoms with E-state index in [2.05, 4.69) is 10.5 Å². The Bertz CT molecular complexity index is 994. The molecule has 0 spiro atoms. The van der Waals surface area contributed by atoms with Crippen molar-refractivity contribution in [2.75, 3.05) is 5.73 Å². The molecule has 3 N–H and O–H groups in total. The lowest BCUT2D eigenvalue weighted by Gasteiger charge is -2.07. The zero-order valence-corrected chi connectivity index (χ0v) is 13.8. The predicted octanol–water partition coefficient (Wildman–Crippen LogP) is 4.31. The predicted molar refractivity (Wildman–Crippen MR) is 95.1 cm³/mol. The molecule has 8 heteroatoms. The number of alkyl halides is 3. The second kappa shape index (κ2) is 7.36. The summed E-state index contributed by atoms with van der Waals surface area (Å²) in [5, 5.41) is 3.77. The molecule has 0 saturated carbocycles. The van der Waals surface area contributed by atoms with Crippen LogP contribution in [0.25, 0.3) is 11.3 Å². The van der Waals surface area contributed by atoms with Gasteiger partial charge in [0, 0.05) is 11.3 Å². The van der Waals surface area contributed by atoms with Crippen LogP contribution < -0.4 is 11.2 Å². The van der Waals surface area contributed by atoms with Crippen LogP contribution in [0.15, 0.2) is 70.2 Å². The first kappa shape index (κ1) is 18.2. The molecule has 3 rings (SSSR count). The van der Waals surface area contributed by atoms with E-state index in [-0.39, 0.29) is 22.6 Å². The van der Waals surface area contributed by atoms with Crippen LogP contribution in [0, 0.1) is 0 Å². The maximum absolute atomic E-state index is 12.8. The minimum absolute atomic E-state index is 0.251. The molecule has 138 valence electrons. The summed E-state index contributed by atoms with van der Waals surface area (Å²) in [5.74, 6) is 0.0268. The molecule has 0 aliphatic carbocycles. The third kappa shape index (κ3) is 4.35. The van der Waals surface area contributed by atoms with Crippen molar-refractivity contribution in [1.29, 1.82) is 0 Å². The maximum Gasteiger partial charge on any atom is 0.416 e. The summed E-state index contributed by atoms with van der Waals surface area (Å²) in [7, 11) is 0. The van der Waals surface area contributed by atoms with E-state index in [0.717, 1.165) is 12.1 Å². The molecular weight excluding hydrogens is 359 g/mol. The Morgan fingerprint density at radius 2 is 1.85 bits per heavy atom. The average Bonchev–Trinajstić information content (AvgIpc) is 3.10. The summed E-state index contributed by atoms with van der Waals surface area (Å²) in [4.78, 5) is 12.0. The summed E-state index contributed by atoms with van der Waals surface area (Å²) in [5.41, 5.74) is 8.12. The van der Waals surface area contributed by atoms with E-state index in [1.54, 1.807) is 24.3 Å². The number of furan rings is 1. The number of nitrogens with two attached hydrogens (primary N) is 1. The molecule has 3 aromatic rings. The number of nitrogen functional groups attached to an aromatic ring is 1. The van der Waals surface area contributed by atoms with Crippen LogP contribution in [0.5, 0.6) is 0 Å². The molecule has 0 aliphatic rings. The number of nitrogens with zero attached hydrogens (tertiary/aromatic N) is 1. The van der Waals surface area contributed by atoms with Crippen LogP contribution in [-0.4, -0.2) is 12.1 Å². The van der Waals surface area contributed by atoms with Gasteiger partial charge in [0.05, 0.1) is 17.3 Å². The number of anilines is 1. The smallest absolute Gasteiger partial charge is 0.416 e. The Hall–Kier alpha value is -3.55. The molecule has 27 heavy (non-hydrogen) atoms. The number of halogens is 3. The highest BCUT2D eigenvalue weighted by molar-refractivity contribution is 5.99. The van der Waals surface area contributed by atoms with E-state index in [9.17, 15) is 18.0 Å². The van der Waals surface area contributed by atoms with Crippen molar-refractivity contribution in [3.63, 3.8) is 0 Å². The van der Waals surface area contributed by atoms with Gasteiger partial charge in [-0.15, -0.1) is 0 Å². The van der Waals surface area contributed by atoms with Crippen molar-refractivity contribution in [3.05, 3.63) is 77.6 Å². The number of hydrogen-bond acceptors (Lipinski definition) is 4. The molecule has 0 fully saturated rings. The van der Waals surface area contributed by atoms with E-state index in [0.29, 0.717) is 5.69 Å². The fraction of sp³-hybridized carbons (Fsp3) is 0.0526. The van der Waals surface area contributed by atoms with Gasteiger partial charge in [-0.2, -0.15) is 18.3 Å². The van der Waals surface area contributed by atoms with Crippen molar-refractivity contribution in [1.82, 2.24) is 5.43 Å². The van der Waals surface area contributed by atoms with E-state index >= 15 is 0 Å². The highest BCUT2D eigenvalue weighted by Crippen LogP contribution is 2.32. The van der Waals surface area contributed by atoms with E-state index in [4.69, 9.17) is 10.2 Å². The molecule has 2 aromatic carbocycles. The van der Waals surface area contributed by atoms with Crippen molar-refractivity contribution in [2.24, 2.45) is 5.10 Å².